The maximum atomic E-state index is 12.8. The van der Waals surface area contributed by atoms with Gasteiger partial charge < -0.3 is 20.1 Å². The number of aliphatic hydroxyl groups is 1. The van der Waals surface area contributed by atoms with Crippen LogP contribution in [0, 0.1) is 0 Å². The number of anilines is 1. The number of pyridine rings is 1. The summed E-state index contributed by atoms with van der Waals surface area (Å²) >= 11 is 0. The highest BCUT2D eigenvalue weighted by Crippen LogP contribution is 2.39. The zero-order valence-electron chi connectivity index (χ0n) is 15.1. The van der Waals surface area contributed by atoms with Gasteiger partial charge in [-0.3, -0.25) is 0 Å². The van der Waals surface area contributed by atoms with Crippen LogP contribution in [0.3, 0.4) is 0 Å². The van der Waals surface area contributed by atoms with Crippen molar-refractivity contribution in [2.75, 3.05) is 5.32 Å². The molecular weight excluding hydrogens is 375 g/mol. The lowest BCUT2D eigenvalue weighted by molar-refractivity contribution is -0.137. The van der Waals surface area contributed by atoms with Crippen molar-refractivity contribution >= 4 is 16.7 Å². The van der Waals surface area contributed by atoms with Gasteiger partial charge >= 0.3 is 6.18 Å². The average molecular weight is 393 g/mol. The van der Waals surface area contributed by atoms with Gasteiger partial charge in [-0.15, -0.1) is 10.2 Å². The number of aryl methyl sites for hydroxylation is 1. The summed E-state index contributed by atoms with van der Waals surface area (Å²) in [7, 11) is 1.80. The second-order valence-corrected chi connectivity index (χ2v) is 7.42. The van der Waals surface area contributed by atoms with E-state index in [0.29, 0.717) is 41.8 Å². The number of nitrogens with zero attached hydrogens (tertiary/aromatic N) is 4. The number of aromatic nitrogens is 4. The maximum absolute atomic E-state index is 12.8. The second-order valence-electron chi connectivity index (χ2n) is 7.42. The van der Waals surface area contributed by atoms with Crippen LogP contribution in [0.4, 0.5) is 19.0 Å². The third-order valence-electron chi connectivity index (χ3n) is 4.93. The van der Waals surface area contributed by atoms with Gasteiger partial charge in [-0.05, 0) is 31.9 Å². The summed E-state index contributed by atoms with van der Waals surface area (Å²) in [5.41, 5.74) is -0.948. The van der Waals surface area contributed by atoms with Gasteiger partial charge in [-0.2, -0.15) is 13.2 Å². The van der Waals surface area contributed by atoms with Crippen molar-refractivity contribution in [1.29, 1.82) is 0 Å². The third-order valence-corrected chi connectivity index (χ3v) is 4.93. The SMILES string of the molecule is Cn1ccc2c(-c3ncc(C(F)(F)F)cc3O)nnc(N[C@H]3C[C@@](C)(O)C3)c21. The summed E-state index contributed by atoms with van der Waals surface area (Å²) in [6.07, 6.45) is -1.03. The Bertz CT molecular complexity index is 1050. The second kappa shape index (κ2) is 6.06. The molecular formula is C18H18F3N5O2. The highest BCUT2D eigenvalue weighted by Gasteiger charge is 2.39. The van der Waals surface area contributed by atoms with E-state index >= 15 is 0 Å². The topological polar surface area (TPSA) is 96.1 Å². The van der Waals surface area contributed by atoms with E-state index in [1.54, 1.807) is 30.8 Å². The molecule has 148 valence electrons. The summed E-state index contributed by atoms with van der Waals surface area (Å²) in [6, 6.07) is 2.41. The van der Waals surface area contributed by atoms with Gasteiger partial charge in [0.15, 0.2) is 5.82 Å². The number of hydrogen-bond acceptors (Lipinski definition) is 6. The summed E-state index contributed by atoms with van der Waals surface area (Å²) in [5.74, 6) is -0.122. The van der Waals surface area contributed by atoms with Crippen molar-refractivity contribution in [3.63, 3.8) is 0 Å². The Hall–Kier alpha value is -2.88. The Balaban J connectivity index is 1.75. The van der Waals surface area contributed by atoms with Crippen LogP contribution in [0.25, 0.3) is 22.3 Å². The zero-order valence-corrected chi connectivity index (χ0v) is 15.1. The van der Waals surface area contributed by atoms with Gasteiger partial charge in [0, 0.05) is 30.9 Å². The molecule has 1 fully saturated rings. The molecule has 0 radical (unpaired) electrons. The lowest BCUT2D eigenvalue weighted by Crippen LogP contribution is -2.48. The van der Waals surface area contributed by atoms with Crippen LogP contribution >= 0.6 is 0 Å². The Morgan fingerprint density at radius 2 is 1.96 bits per heavy atom. The van der Waals surface area contributed by atoms with Crippen molar-refractivity contribution in [2.45, 2.75) is 37.6 Å². The number of hydrogen-bond donors (Lipinski definition) is 3. The van der Waals surface area contributed by atoms with E-state index in [9.17, 15) is 23.4 Å². The normalized spacial score (nSPS) is 22.3. The van der Waals surface area contributed by atoms with Crippen LogP contribution in [-0.4, -0.2) is 41.6 Å². The number of nitrogens with one attached hydrogen (secondary N) is 1. The van der Waals surface area contributed by atoms with Crippen molar-refractivity contribution < 1.29 is 23.4 Å². The molecule has 0 bridgehead atoms. The molecule has 0 saturated heterocycles. The highest BCUT2D eigenvalue weighted by atomic mass is 19.4. The first kappa shape index (κ1) is 18.5. The average Bonchev–Trinajstić information content (AvgIpc) is 2.95. The molecule has 0 aliphatic heterocycles. The Labute approximate surface area is 157 Å². The number of aromatic hydroxyl groups is 1. The van der Waals surface area contributed by atoms with Gasteiger partial charge in [-0.25, -0.2) is 4.98 Å². The standard InChI is InChI=1S/C18H18F3N5O2/c1-17(28)6-10(7-17)23-16-15-11(3-4-26(15)2)13(24-25-16)14-12(27)5-9(8-22-14)18(19,20)21/h3-5,8,10,27-28H,6-7H2,1-2H3,(H,23,25)/t10-,17+. The fraction of sp³-hybridized carbons (Fsp3) is 0.389. The fourth-order valence-electron chi connectivity index (χ4n) is 3.58. The number of alkyl halides is 3. The minimum atomic E-state index is -4.60. The van der Waals surface area contributed by atoms with E-state index in [2.05, 4.69) is 20.5 Å². The van der Waals surface area contributed by atoms with E-state index in [1.165, 1.54) is 0 Å². The lowest BCUT2D eigenvalue weighted by atomic mass is 9.77. The number of halogens is 3. The minimum absolute atomic E-state index is 0.0471. The molecule has 0 unspecified atom stereocenters. The first-order valence-electron chi connectivity index (χ1n) is 8.62. The van der Waals surface area contributed by atoms with Crippen molar-refractivity contribution in [1.82, 2.24) is 19.7 Å². The van der Waals surface area contributed by atoms with Crippen LogP contribution in [0.2, 0.25) is 0 Å². The molecule has 1 aliphatic rings. The summed E-state index contributed by atoms with van der Waals surface area (Å²) < 4.78 is 40.3. The molecule has 0 spiro atoms. The predicted octanol–water partition coefficient (Wildman–Crippen LogP) is 3.08. The first-order chi connectivity index (χ1) is 13.0. The van der Waals surface area contributed by atoms with E-state index in [1.807, 2.05) is 0 Å². The van der Waals surface area contributed by atoms with Gasteiger partial charge in [0.25, 0.3) is 0 Å². The third kappa shape index (κ3) is 3.13. The van der Waals surface area contributed by atoms with Crippen molar-refractivity contribution in [3.05, 3.63) is 30.1 Å². The van der Waals surface area contributed by atoms with Crippen LogP contribution in [-0.2, 0) is 13.2 Å². The molecule has 3 aromatic heterocycles. The van der Waals surface area contributed by atoms with Crippen molar-refractivity contribution in [3.8, 4) is 17.1 Å². The molecule has 3 N–H and O–H groups in total. The van der Waals surface area contributed by atoms with Crippen molar-refractivity contribution in [2.24, 2.45) is 7.05 Å². The molecule has 4 rings (SSSR count). The molecule has 0 aromatic carbocycles. The Morgan fingerprint density at radius 3 is 2.57 bits per heavy atom. The molecule has 0 atom stereocenters. The highest BCUT2D eigenvalue weighted by molar-refractivity contribution is 5.98. The number of fused-ring (bicyclic) bond motifs is 1. The van der Waals surface area contributed by atoms with Gasteiger partial charge in [0.05, 0.1) is 16.7 Å². The van der Waals surface area contributed by atoms with E-state index in [-0.39, 0.29) is 17.4 Å². The molecule has 1 aliphatic carbocycles. The quantitative estimate of drug-likeness (QED) is 0.633. The molecule has 7 nitrogen and oxygen atoms in total. The number of rotatable bonds is 3. The monoisotopic (exact) mass is 393 g/mol. The Kier molecular flexibility index (Phi) is 4.00. The predicted molar refractivity (Wildman–Crippen MR) is 95.7 cm³/mol. The van der Waals surface area contributed by atoms with Gasteiger partial charge in [0.1, 0.15) is 17.1 Å². The molecule has 3 aromatic rings. The zero-order chi connectivity index (χ0) is 20.3. The van der Waals surface area contributed by atoms with E-state index in [4.69, 9.17) is 0 Å². The smallest absolute Gasteiger partial charge is 0.418 e. The Morgan fingerprint density at radius 1 is 1.25 bits per heavy atom. The molecule has 1 saturated carbocycles. The van der Waals surface area contributed by atoms with Crippen LogP contribution in [0.15, 0.2) is 24.5 Å². The molecule has 3 heterocycles. The fourth-order valence-corrected chi connectivity index (χ4v) is 3.58. The molecule has 10 heteroatoms. The summed E-state index contributed by atoms with van der Waals surface area (Å²) in [5, 5.41) is 32.1. The largest absolute Gasteiger partial charge is 0.506 e. The summed E-state index contributed by atoms with van der Waals surface area (Å²) in [6.45, 7) is 1.76. The van der Waals surface area contributed by atoms with Crippen LogP contribution in [0.5, 0.6) is 5.75 Å². The van der Waals surface area contributed by atoms with Crippen LogP contribution < -0.4 is 5.32 Å². The minimum Gasteiger partial charge on any atom is -0.506 e. The molecule has 28 heavy (non-hydrogen) atoms. The van der Waals surface area contributed by atoms with E-state index < -0.39 is 23.1 Å². The first-order valence-corrected chi connectivity index (χ1v) is 8.62. The van der Waals surface area contributed by atoms with Crippen LogP contribution in [0.1, 0.15) is 25.3 Å². The van der Waals surface area contributed by atoms with Gasteiger partial charge in [0.2, 0.25) is 0 Å². The molecule has 0 amide bonds. The van der Waals surface area contributed by atoms with Gasteiger partial charge in [-0.1, -0.05) is 0 Å². The maximum Gasteiger partial charge on any atom is 0.418 e. The lowest BCUT2D eigenvalue weighted by Gasteiger charge is -2.41. The van der Waals surface area contributed by atoms with E-state index in [0.717, 1.165) is 0 Å². The summed E-state index contributed by atoms with van der Waals surface area (Å²) in [4.78, 5) is 3.78.